The first-order valence-corrected chi connectivity index (χ1v) is 6.45. The van der Waals surface area contributed by atoms with E-state index in [2.05, 4.69) is 29.2 Å². The molecular formula is C12H21ClN4O2. The fourth-order valence-electron chi connectivity index (χ4n) is 1.31. The Labute approximate surface area is 118 Å². The number of likely N-dealkylation sites (N-methyl/N-ethyl adjacent to an activating group) is 1. The lowest BCUT2D eigenvalue weighted by Crippen LogP contribution is -2.44. The first-order valence-electron chi connectivity index (χ1n) is 6.07. The molecule has 1 rings (SSSR count). The van der Waals surface area contributed by atoms with Crippen LogP contribution < -0.4 is 10.9 Å². The normalized spacial score (nSPS) is 11.9. The monoisotopic (exact) mass is 288 g/mol. The average Bonchev–Trinajstić information content (AvgIpc) is 2.34. The molecule has 1 aromatic heterocycles. The van der Waals surface area contributed by atoms with Crippen molar-refractivity contribution in [1.29, 1.82) is 0 Å². The van der Waals surface area contributed by atoms with E-state index in [9.17, 15) is 4.79 Å². The summed E-state index contributed by atoms with van der Waals surface area (Å²) in [6, 6.07) is 0. The van der Waals surface area contributed by atoms with Crippen LogP contribution in [0.3, 0.4) is 0 Å². The molecule has 1 aromatic rings. The molecule has 0 aromatic carbocycles. The maximum atomic E-state index is 11.8. The lowest BCUT2D eigenvalue weighted by molar-refractivity contribution is 0.210. The number of aliphatic hydroxyl groups excluding tert-OH is 1. The molecule has 0 radical (unpaired) electrons. The number of hydrogen-bond acceptors (Lipinski definition) is 5. The molecule has 0 unspecified atom stereocenters. The quantitative estimate of drug-likeness (QED) is 0.804. The van der Waals surface area contributed by atoms with Crippen molar-refractivity contribution in [3.8, 4) is 0 Å². The molecule has 0 aliphatic heterocycles. The molecule has 0 aliphatic carbocycles. The Kier molecular flexibility index (Phi) is 5.34. The van der Waals surface area contributed by atoms with Gasteiger partial charge < -0.3 is 15.3 Å². The van der Waals surface area contributed by atoms with Crippen LogP contribution in [-0.4, -0.2) is 52.6 Å². The van der Waals surface area contributed by atoms with Crippen LogP contribution in [0, 0.1) is 0 Å². The molecule has 0 saturated heterocycles. The van der Waals surface area contributed by atoms with Crippen LogP contribution >= 0.6 is 11.6 Å². The summed E-state index contributed by atoms with van der Waals surface area (Å²) < 4.78 is 1.14. The van der Waals surface area contributed by atoms with Crippen LogP contribution in [0.15, 0.2) is 11.0 Å². The molecule has 108 valence electrons. The molecule has 7 heteroatoms. The number of nitrogens with zero attached hydrogens (tertiary/aromatic N) is 3. The van der Waals surface area contributed by atoms with Gasteiger partial charge in [-0.1, -0.05) is 11.6 Å². The first-order chi connectivity index (χ1) is 8.79. The minimum atomic E-state index is -0.400. The van der Waals surface area contributed by atoms with Crippen LogP contribution in [0.25, 0.3) is 0 Å². The summed E-state index contributed by atoms with van der Waals surface area (Å²) in [6.45, 7) is 4.78. The topological polar surface area (TPSA) is 70.4 Å². The SMILES string of the molecule is CN(C)C(C)(C)CNc1cnn(CCO)c(=O)c1Cl. The Hall–Kier alpha value is -1.11. The minimum Gasteiger partial charge on any atom is -0.394 e. The van der Waals surface area contributed by atoms with Crippen LogP contribution in [0.1, 0.15) is 13.8 Å². The largest absolute Gasteiger partial charge is 0.394 e. The van der Waals surface area contributed by atoms with Gasteiger partial charge >= 0.3 is 0 Å². The van der Waals surface area contributed by atoms with Crippen LogP contribution in [-0.2, 0) is 6.54 Å². The van der Waals surface area contributed by atoms with E-state index in [1.54, 1.807) is 0 Å². The molecule has 19 heavy (non-hydrogen) atoms. The Morgan fingerprint density at radius 1 is 1.53 bits per heavy atom. The summed E-state index contributed by atoms with van der Waals surface area (Å²) in [5, 5.41) is 16.0. The second-order valence-electron chi connectivity index (χ2n) is 5.18. The number of anilines is 1. The van der Waals surface area contributed by atoms with Gasteiger partial charge in [-0.15, -0.1) is 0 Å². The van der Waals surface area contributed by atoms with Crippen molar-refractivity contribution in [2.45, 2.75) is 25.9 Å². The average molecular weight is 289 g/mol. The molecule has 0 fully saturated rings. The van der Waals surface area contributed by atoms with Crippen molar-refractivity contribution in [2.24, 2.45) is 0 Å². The first kappa shape index (κ1) is 15.9. The van der Waals surface area contributed by atoms with Crippen molar-refractivity contribution in [3.63, 3.8) is 0 Å². The van der Waals surface area contributed by atoms with Gasteiger partial charge in [-0.25, -0.2) is 4.68 Å². The molecule has 1 heterocycles. The van der Waals surface area contributed by atoms with Gasteiger partial charge in [0.25, 0.3) is 5.56 Å². The van der Waals surface area contributed by atoms with E-state index >= 15 is 0 Å². The zero-order chi connectivity index (χ0) is 14.6. The zero-order valence-corrected chi connectivity index (χ0v) is 12.5. The number of nitrogens with one attached hydrogen (secondary N) is 1. The molecule has 0 aliphatic rings. The standard InChI is InChI=1S/C12H21ClN4O2/c1-12(2,16(3)4)8-14-9-7-15-17(5-6-18)11(19)10(9)13/h7,14,18H,5-6,8H2,1-4H3. The van der Waals surface area contributed by atoms with E-state index < -0.39 is 5.56 Å². The summed E-state index contributed by atoms with van der Waals surface area (Å²) in [7, 11) is 3.97. The van der Waals surface area contributed by atoms with E-state index in [0.29, 0.717) is 12.2 Å². The van der Waals surface area contributed by atoms with Gasteiger partial charge in [0.1, 0.15) is 5.02 Å². The number of aromatic nitrogens is 2. The van der Waals surface area contributed by atoms with Gasteiger partial charge in [-0.05, 0) is 27.9 Å². The van der Waals surface area contributed by atoms with Gasteiger partial charge in [0.05, 0.1) is 25.0 Å². The number of rotatable bonds is 6. The van der Waals surface area contributed by atoms with Gasteiger partial charge in [-0.2, -0.15) is 5.10 Å². The lowest BCUT2D eigenvalue weighted by Gasteiger charge is -2.33. The zero-order valence-electron chi connectivity index (χ0n) is 11.8. The highest BCUT2D eigenvalue weighted by Crippen LogP contribution is 2.18. The maximum absolute atomic E-state index is 11.8. The van der Waals surface area contributed by atoms with Crippen molar-refractivity contribution < 1.29 is 5.11 Å². The Morgan fingerprint density at radius 2 is 2.16 bits per heavy atom. The Morgan fingerprint density at radius 3 is 2.68 bits per heavy atom. The van der Waals surface area contributed by atoms with Crippen molar-refractivity contribution in [3.05, 3.63) is 21.6 Å². The molecule has 0 amide bonds. The van der Waals surface area contributed by atoms with Crippen molar-refractivity contribution in [2.75, 3.05) is 32.6 Å². The van der Waals surface area contributed by atoms with Crippen molar-refractivity contribution in [1.82, 2.24) is 14.7 Å². The van der Waals surface area contributed by atoms with Crippen LogP contribution in [0.5, 0.6) is 0 Å². The Bertz CT molecular complexity index is 485. The maximum Gasteiger partial charge on any atom is 0.287 e. The highest BCUT2D eigenvalue weighted by Gasteiger charge is 2.21. The molecule has 0 saturated carbocycles. The Balaban J connectivity index is 2.87. The fraction of sp³-hybridized carbons (Fsp3) is 0.667. The summed E-state index contributed by atoms with van der Waals surface area (Å²) >= 11 is 6.01. The predicted molar refractivity (Wildman–Crippen MR) is 76.8 cm³/mol. The summed E-state index contributed by atoms with van der Waals surface area (Å²) in [5.41, 5.74) is 0.0303. The second-order valence-corrected chi connectivity index (χ2v) is 5.56. The number of halogens is 1. The van der Waals surface area contributed by atoms with E-state index in [1.165, 1.54) is 6.20 Å². The highest BCUT2D eigenvalue weighted by molar-refractivity contribution is 6.32. The van der Waals surface area contributed by atoms with Gasteiger partial charge in [0, 0.05) is 12.1 Å². The minimum absolute atomic E-state index is 0.0801. The number of aliphatic hydroxyl groups is 1. The smallest absolute Gasteiger partial charge is 0.287 e. The molecule has 0 atom stereocenters. The van der Waals surface area contributed by atoms with E-state index in [1.807, 2.05) is 14.1 Å². The molecule has 6 nitrogen and oxygen atoms in total. The summed E-state index contributed by atoms with van der Waals surface area (Å²) in [4.78, 5) is 13.9. The van der Waals surface area contributed by atoms with E-state index in [-0.39, 0.29) is 23.7 Å². The summed E-state index contributed by atoms with van der Waals surface area (Å²) in [6.07, 6.45) is 1.51. The molecule has 0 bridgehead atoms. The highest BCUT2D eigenvalue weighted by atomic mass is 35.5. The van der Waals surface area contributed by atoms with Crippen LogP contribution in [0.4, 0.5) is 5.69 Å². The predicted octanol–water partition coefficient (Wildman–Crippen LogP) is 0.641. The third-order valence-corrected chi connectivity index (χ3v) is 3.58. The fourth-order valence-corrected chi connectivity index (χ4v) is 1.53. The lowest BCUT2D eigenvalue weighted by atomic mass is 10.0. The summed E-state index contributed by atoms with van der Waals surface area (Å²) in [5.74, 6) is 0. The van der Waals surface area contributed by atoms with Gasteiger partial charge in [-0.3, -0.25) is 4.79 Å². The molecule has 0 spiro atoms. The van der Waals surface area contributed by atoms with Crippen molar-refractivity contribution >= 4 is 17.3 Å². The van der Waals surface area contributed by atoms with E-state index in [0.717, 1.165) is 4.68 Å². The molecular weight excluding hydrogens is 268 g/mol. The van der Waals surface area contributed by atoms with Crippen LogP contribution in [0.2, 0.25) is 5.02 Å². The van der Waals surface area contributed by atoms with E-state index in [4.69, 9.17) is 16.7 Å². The van der Waals surface area contributed by atoms with Gasteiger partial charge in [0.2, 0.25) is 0 Å². The second kappa shape index (κ2) is 6.36. The third kappa shape index (κ3) is 3.92. The number of hydrogen-bond donors (Lipinski definition) is 2. The molecule has 2 N–H and O–H groups in total. The third-order valence-electron chi connectivity index (χ3n) is 3.22. The van der Waals surface area contributed by atoms with Gasteiger partial charge in [0.15, 0.2) is 0 Å².